The van der Waals surface area contributed by atoms with Crippen LogP contribution in [0.3, 0.4) is 0 Å². The SMILES string of the molecule is O=c1cc(C2CCC2)ncn1Cc1cc(=O)n2ccsc2n1. The molecule has 1 saturated carbocycles. The van der Waals surface area contributed by atoms with Gasteiger partial charge >= 0.3 is 0 Å². The number of nitrogens with zero attached hydrogens (tertiary/aromatic N) is 4. The van der Waals surface area contributed by atoms with Crippen molar-refractivity contribution >= 4 is 16.3 Å². The van der Waals surface area contributed by atoms with Crippen molar-refractivity contribution in [2.75, 3.05) is 0 Å². The van der Waals surface area contributed by atoms with Gasteiger partial charge in [-0.05, 0) is 12.8 Å². The van der Waals surface area contributed by atoms with Gasteiger partial charge in [-0.1, -0.05) is 6.42 Å². The molecular formula is C15H14N4O2S. The minimum absolute atomic E-state index is 0.0925. The van der Waals surface area contributed by atoms with Crippen LogP contribution in [-0.2, 0) is 6.54 Å². The summed E-state index contributed by atoms with van der Waals surface area (Å²) in [5, 5.41) is 1.81. The van der Waals surface area contributed by atoms with E-state index in [1.54, 1.807) is 18.6 Å². The smallest absolute Gasteiger partial charge is 0.258 e. The van der Waals surface area contributed by atoms with Crippen molar-refractivity contribution in [3.05, 3.63) is 62.1 Å². The maximum atomic E-state index is 12.2. The first-order chi connectivity index (χ1) is 10.7. The summed E-state index contributed by atoms with van der Waals surface area (Å²) in [5.74, 6) is 0.438. The number of hydrogen-bond acceptors (Lipinski definition) is 5. The normalized spacial score (nSPS) is 15.1. The van der Waals surface area contributed by atoms with Crippen molar-refractivity contribution in [2.24, 2.45) is 0 Å². The summed E-state index contributed by atoms with van der Waals surface area (Å²) in [4.78, 5) is 33.6. The van der Waals surface area contributed by atoms with Crippen LogP contribution in [0.4, 0.5) is 0 Å². The predicted octanol–water partition coefficient (Wildman–Crippen LogP) is 1.63. The zero-order chi connectivity index (χ0) is 15.1. The maximum Gasteiger partial charge on any atom is 0.258 e. The van der Waals surface area contributed by atoms with Crippen molar-refractivity contribution in [2.45, 2.75) is 31.7 Å². The Labute approximate surface area is 129 Å². The average molecular weight is 314 g/mol. The predicted molar refractivity (Wildman–Crippen MR) is 83.5 cm³/mol. The molecule has 1 aliphatic carbocycles. The first kappa shape index (κ1) is 13.4. The maximum absolute atomic E-state index is 12.2. The molecule has 0 aromatic carbocycles. The molecule has 0 spiro atoms. The standard InChI is InChI=1S/C15H14N4O2S/c20-13-7-12(10-2-1-3-10)16-9-18(13)8-11-6-14(21)19-4-5-22-15(19)17-11/h4-7,9-10H,1-3,8H2. The lowest BCUT2D eigenvalue weighted by molar-refractivity contribution is 0.409. The van der Waals surface area contributed by atoms with Gasteiger partial charge in [0.2, 0.25) is 0 Å². The molecular weight excluding hydrogens is 300 g/mol. The van der Waals surface area contributed by atoms with E-state index in [1.807, 2.05) is 5.38 Å². The monoisotopic (exact) mass is 314 g/mol. The third-order valence-corrected chi connectivity index (χ3v) is 4.87. The summed E-state index contributed by atoms with van der Waals surface area (Å²) in [6.07, 6.45) is 6.70. The molecule has 0 saturated heterocycles. The van der Waals surface area contributed by atoms with Gasteiger partial charge in [-0.15, -0.1) is 11.3 Å². The van der Waals surface area contributed by atoms with Gasteiger partial charge in [-0.2, -0.15) is 0 Å². The molecule has 3 heterocycles. The molecule has 0 atom stereocenters. The van der Waals surface area contributed by atoms with E-state index < -0.39 is 0 Å². The lowest BCUT2D eigenvalue weighted by Crippen LogP contribution is -2.24. The van der Waals surface area contributed by atoms with Gasteiger partial charge in [0, 0.05) is 29.6 Å². The highest BCUT2D eigenvalue weighted by Crippen LogP contribution is 2.34. The quantitative estimate of drug-likeness (QED) is 0.737. The summed E-state index contributed by atoms with van der Waals surface area (Å²) < 4.78 is 2.99. The molecule has 1 fully saturated rings. The minimum Gasteiger partial charge on any atom is -0.293 e. The van der Waals surface area contributed by atoms with Crippen LogP contribution in [0.2, 0.25) is 0 Å². The number of rotatable bonds is 3. The summed E-state index contributed by atoms with van der Waals surface area (Å²) in [5.41, 5.74) is 1.24. The van der Waals surface area contributed by atoms with Gasteiger partial charge in [0.25, 0.3) is 11.1 Å². The third-order valence-electron chi connectivity index (χ3n) is 4.11. The van der Waals surface area contributed by atoms with Crippen LogP contribution in [0.1, 0.15) is 36.6 Å². The largest absolute Gasteiger partial charge is 0.293 e. The number of aromatic nitrogens is 4. The van der Waals surface area contributed by atoms with Crippen LogP contribution in [-0.4, -0.2) is 18.9 Å². The highest BCUT2D eigenvalue weighted by molar-refractivity contribution is 7.15. The van der Waals surface area contributed by atoms with E-state index in [1.165, 1.54) is 32.8 Å². The van der Waals surface area contributed by atoms with Gasteiger partial charge in [0.1, 0.15) is 0 Å². The lowest BCUT2D eigenvalue weighted by Gasteiger charge is -2.24. The fraction of sp³-hybridized carbons (Fsp3) is 0.333. The van der Waals surface area contributed by atoms with Crippen molar-refractivity contribution in [1.82, 2.24) is 18.9 Å². The van der Waals surface area contributed by atoms with E-state index in [2.05, 4.69) is 9.97 Å². The van der Waals surface area contributed by atoms with Crippen molar-refractivity contribution in [3.63, 3.8) is 0 Å². The second-order valence-corrected chi connectivity index (χ2v) is 6.42. The third kappa shape index (κ3) is 2.27. The Morgan fingerprint density at radius 1 is 1.23 bits per heavy atom. The molecule has 22 heavy (non-hydrogen) atoms. The zero-order valence-corrected chi connectivity index (χ0v) is 12.6. The molecule has 4 rings (SSSR count). The molecule has 0 N–H and O–H groups in total. The van der Waals surface area contributed by atoms with Crippen LogP contribution < -0.4 is 11.1 Å². The van der Waals surface area contributed by atoms with Gasteiger partial charge in [-0.25, -0.2) is 9.97 Å². The van der Waals surface area contributed by atoms with Gasteiger partial charge < -0.3 is 0 Å². The van der Waals surface area contributed by atoms with Crippen LogP contribution in [0.25, 0.3) is 4.96 Å². The number of fused-ring (bicyclic) bond motifs is 1. The molecule has 0 unspecified atom stereocenters. The second-order valence-electron chi connectivity index (χ2n) is 5.55. The summed E-state index contributed by atoms with van der Waals surface area (Å²) in [6, 6.07) is 3.08. The minimum atomic E-state index is -0.131. The lowest BCUT2D eigenvalue weighted by atomic mass is 9.83. The highest BCUT2D eigenvalue weighted by atomic mass is 32.1. The van der Waals surface area contributed by atoms with E-state index in [0.717, 1.165) is 18.5 Å². The average Bonchev–Trinajstić information content (AvgIpc) is 2.89. The van der Waals surface area contributed by atoms with Gasteiger partial charge in [0.15, 0.2) is 4.96 Å². The number of thiazole rings is 1. The van der Waals surface area contributed by atoms with Gasteiger partial charge in [0.05, 0.1) is 24.3 Å². The van der Waals surface area contributed by atoms with Crippen molar-refractivity contribution in [3.8, 4) is 0 Å². The fourth-order valence-corrected chi connectivity index (χ4v) is 3.37. The fourth-order valence-electron chi connectivity index (χ4n) is 2.63. The second kappa shape index (κ2) is 5.17. The molecule has 0 bridgehead atoms. The Bertz CT molecular complexity index is 952. The Morgan fingerprint density at radius 2 is 2.09 bits per heavy atom. The van der Waals surface area contributed by atoms with E-state index in [-0.39, 0.29) is 17.7 Å². The first-order valence-electron chi connectivity index (χ1n) is 7.23. The van der Waals surface area contributed by atoms with E-state index in [0.29, 0.717) is 16.6 Å². The molecule has 6 nitrogen and oxygen atoms in total. The Balaban J connectivity index is 1.67. The molecule has 3 aromatic heterocycles. The van der Waals surface area contributed by atoms with Crippen molar-refractivity contribution < 1.29 is 0 Å². The van der Waals surface area contributed by atoms with Crippen LogP contribution in [0.15, 0.2) is 39.6 Å². The molecule has 112 valence electrons. The first-order valence-corrected chi connectivity index (χ1v) is 8.11. The Kier molecular flexibility index (Phi) is 3.15. The van der Waals surface area contributed by atoms with Gasteiger partial charge in [-0.3, -0.25) is 18.6 Å². The van der Waals surface area contributed by atoms with Crippen molar-refractivity contribution in [1.29, 1.82) is 0 Å². The summed E-state index contributed by atoms with van der Waals surface area (Å²) >= 11 is 1.40. The molecule has 0 amide bonds. The van der Waals surface area contributed by atoms with Crippen LogP contribution in [0.5, 0.6) is 0 Å². The number of hydrogen-bond donors (Lipinski definition) is 0. The molecule has 7 heteroatoms. The summed E-state index contributed by atoms with van der Waals surface area (Å²) in [6.45, 7) is 0.264. The molecule has 3 aromatic rings. The Hall–Kier alpha value is -2.28. The topological polar surface area (TPSA) is 69.3 Å². The summed E-state index contributed by atoms with van der Waals surface area (Å²) in [7, 11) is 0. The van der Waals surface area contributed by atoms with E-state index in [4.69, 9.17) is 0 Å². The molecule has 0 radical (unpaired) electrons. The highest BCUT2D eigenvalue weighted by Gasteiger charge is 2.21. The zero-order valence-electron chi connectivity index (χ0n) is 11.8. The van der Waals surface area contributed by atoms with E-state index >= 15 is 0 Å². The molecule has 0 aliphatic heterocycles. The van der Waals surface area contributed by atoms with Crippen LogP contribution in [0, 0.1) is 0 Å². The van der Waals surface area contributed by atoms with Crippen LogP contribution >= 0.6 is 11.3 Å². The molecule has 1 aliphatic rings. The van der Waals surface area contributed by atoms with E-state index in [9.17, 15) is 9.59 Å². The Morgan fingerprint density at radius 3 is 2.82 bits per heavy atom.